The molecule has 3 saturated heterocycles. The smallest absolute Gasteiger partial charge is 0.129 e. The van der Waals surface area contributed by atoms with Crippen molar-refractivity contribution in [3.8, 4) is 0 Å². The fourth-order valence-electron chi connectivity index (χ4n) is 4.30. The number of hydrogen-bond acceptors (Lipinski definition) is 3. The standard InChI is InChI=1S/C14H18ClN3/c15-13-2-1-12(5-16-13)17-14-10-3-9-4-11(14)8-18(6-9)7-10/h1-2,5,9-11,14,17H,3-4,6-8H2/t9?,10-,11-,14?/m0/s1. The lowest BCUT2D eigenvalue weighted by atomic mass is 9.65. The number of aromatic nitrogens is 1. The molecule has 18 heavy (non-hydrogen) atoms. The van der Waals surface area contributed by atoms with Crippen LogP contribution in [0.1, 0.15) is 12.8 Å². The summed E-state index contributed by atoms with van der Waals surface area (Å²) in [5, 5.41) is 4.27. The van der Waals surface area contributed by atoms with Crippen molar-refractivity contribution in [2.75, 3.05) is 25.0 Å². The topological polar surface area (TPSA) is 28.2 Å². The maximum atomic E-state index is 5.83. The number of hydrogen-bond donors (Lipinski definition) is 1. The van der Waals surface area contributed by atoms with E-state index in [4.69, 9.17) is 11.6 Å². The summed E-state index contributed by atoms with van der Waals surface area (Å²) < 4.78 is 0. The first kappa shape index (κ1) is 11.1. The van der Waals surface area contributed by atoms with Crippen molar-refractivity contribution >= 4 is 17.3 Å². The Hall–Kier alpha value is -0.800. The third-order valence-electron chi connectivity index (χ3n) is 4.85. The van der Waals surface area contributed by atoms with Crippen LogP contribution in [0, 0.1) is 17.8 Å². The van der Waals surface area contributed by atoms with Crippen LogP contribution in [0.3, 0.4) is 0 Å². The van der Waals surface area contributed by atoms with Gasteiger partial charge in [-0.25, -0.2) is 4.98 Å². The summed E-state index contributed by atoms with van der Waals surface area (Å²) in [7, 11) is 0. The highest BCUT2D eigenvalue weighted by Crippen LogP contribution is 2.44. The zero-order valence-corrected chi connectivity index (χ0v) is 11.1. The first-order chi connectivity index (χ1) is 8.78. The molecule has 4 bridgehead atoms. The number of anilines is 1. The maximum absolute atomic E-state index is 5.83. The Bertz CT molecular complexity index is 417. The average Bonchev–Trinajstić information content (AvgIpc) is 2.35. The van der Waals surface area contributed by atoms with E-state index in [1.54, 1.807) is 0 Å². The molecule has 4 heteroatoms. The van der Waals surface area contributed by atoms with Crippen LogP contribution in [0.2, 0.25) is 5.15 Å². The molecule has 5 rings (SSSR count). The highest BCUT2D eigenvalue weighted by Gasteiger charge is 2.47. The van der Waals surface area contributed by atoms with Gasteiger partial charge in [-0.05, 0) is 42.7 Å². The maximum Gasteiger partial charge on any atom is 0.129 e. The first-order valence-electron chi connectivity index (χ1n) is 6.88. The highest BCUT2D eigenvalue weighted by molar-refractivity contribution is 6.29. The van der Waals surface area contributed by atoms with Gasteiger partial charge in [0.05, 0.1) is 11.9 Å². The minimum Gasteiger partial charge on any atom is -0.380 e. The van der Waals surface area contributed by atoms with E-state index in [1.807, 2.05) is 18.3 Å². The van der Waals surface area contributed by atoms with Crippen LogP contribution in [0.5, 0.6) is 0 Å². The van der Waals surface area contributed by atoms with E-state index in [0.29, 0.717) is 11.2 Å². The molecule has 4 fully saturated rings. The molecule has 4 heterocycles. The van der Waals surface area contributed by atoms with Gasteiger partial charge in [-0.2, -0.15) is 0 Å². The monoisotopic (exact) mass is 263 g/mol. The summed E-state index contributed by atoms with van der Waals surface area (Å²) in [5.74, 6) is 2.61. The molecule has 96 valence electrons. The minimum absolute atomic E-state index is 0.566. The van der Waals surface area contributed by atoms with E-state index in [9.17, 15) is 0 Å². The van der Waals surface area contributed by atoms with Gasteiger partial charge < -0.3 is 10.2 Å². The Morgan fingerprint density at radius 2 is 1.94 bits per heavy atom. The SMILES string of the molecule is Clc1ccc(NC2[C@H]3CC4C[C@H]2CN(C4)C3)cn1. The Morgan fingerprint density at radius 3 is 2.56 bits per heavy atom. The van der Waals surface area contributed by atoms with Crippen LogP contribution in [0.25, 0.3) is 0 Å². The van der Waals surface area contributed by atoms with Crippen LogP contribution in [0.4, 0.5) is 5.69 Å². The van der Waals surface area contributed by atoms with Gasteiger partial charge >= 0.3 is 0 Å². The Morgan fingerprint density at radius 1 is 1.17 bits per heavy atom. The van der Waals surface area contributed by atoms with E-state index >= 15 is 0 Å². The molecular formula is C14H18ClN3. The van der Waals surface area contributed by atoms with Crippen LogP contribution >= 0.6 is 11.6 Å². The summed E-state index contributed by atoms with van der Waals surface area (Å²) in [6.45, 7) is 3.92. The molecule has 0 unspecified atom stereocenters. The summed E-state index contributed by atoms with van der Waals surface area (Å²) in [6, 6.07) is 4.55. The van der Waals surface area contributed by atoms with E-state index in [-0.39, 0.29) is 0 Å². The molecule has 0 aromatic carbocycles. The molecular weight excluding hydrogens is 246 g/mol. The normalized spacial score (nSPS) is 41.1. The number of piperidine rings is 3. The predicted molar refractivity (Wildman–Crippen MR) is 72.8 cm³/mol. The quantitative estimate of drug-likeness (QED) is 0.831. The lowest BCUT2D eigenvalue weighted by molar-refractivity contribution is -0.0269. The molecule has 3 aliphatic heterocycles. The van der Waals surface area contributed by atoms with E-state index in [0.717, 1.165) is 23.4 Å². The van der Waals surface area contributed by atoms with Gasteiger partial charge in [0.2, 0.25) is 0 Å². The molecule has 1 N–H and O–H groups in total. The molecule has 2 atom stereocenters. The Labute approximate surface area is 113 Å². The van der Waals surface area contributed by atoms with Gasteiger partial charge in [-0.3, -0.25) is 0 Å². The zero-order chi connectivity index (χ0) is 12.1. The van der Waals surface area contributed by atoms with Crippen molar-refractivity contribution in [2.45, 2.75) is 18.9 Å². The van der Waals surface area contributed by atoms with E-state index in [2.05, 4.69) is 15.2 Å². The molecule has 1 aliphatic carbocycles. The zero-order valence-electron chi connectivity index (χ0n) is 10.3. The third kappa shape index (κ3) is 1.81. The summed E-state index contributed by atoms with van der Waals surface area (Å²) in [6.07, 6.45) is 4.67. The molecule has 0 amide bonds. The Balaban J connectivity index is 1.53. The molecule has 0 spiro atoms. The summed E-state index contributed by atoms with van der Waals surface area (Å²) >= 11 is 5.83. The lowest BCUT2D eigenvalue weighted by Crippen LogP contribution is -2.62. The van der Waals surface area contributed by atoms with Crippen LogP contribution in [-0.4, -0.2) is 35.6 Å². The summed E-state index contributed by atoms with van der Waals surface area (Å²) in [4.78, 5) is 6.81. The number of rotatable bonds is 2. The summed E-state index contributed by atoms with van der Waals surface area (Å²) in [5.41, 5.74) is 1.12. The van der Waals surface area contributed by atoms with Gasteiger partial charge in [0.15, 0.2) is 0 Å². The molecule has 0 radical (unpaired) electrons. The van der Waals surface area contributed by atoms with Crippen LogP contribution < -0.4 is 5.32 Å². The van der Waals surface area contributed by atoms with Crippen LogP contribution in [-0.2, 0) is 0 Å². The lowest BCUT2D eigenvalue weighted by Gasteiger charge is -2.56. The van der Waals surface area contributed by atoms with Gasteiger partial charge in [-0.15, -0.1) is 0 Å². The van der Waals surface area contributed by atoms with Crippen LogP contribution in [0.15, 0.2) is 18.3 Å². The second-order valence-electron chi connectivity index (χ2n) is 6.12. The van der Waals surface area contributed by atoms with Crippen molar-refractivity contribution in [2.24, 2.45) is 17.8 Å². The fraction of sp³-hybridized carbons (Fsp3) is 0.643. The van der Waals surface area contributed by atoms with Gasteiger partial charge in [0, 0.05) is 25.7 Å². The van der Waals surface area contributed by atoms with Gasteiger partial charge in [-0.1, -0.05) is 11.6 Å². The number of nitrogens with zero attached hydrogens (tertiary/aromatic N) is 2. The van der Waals surface area contributed by atoms with Crippen molar-refractivity contribution in [1.29, 1.82) is 0 Å². The fourth-order valence-corrected chi connectivity index (χ4v) is 4.41. The third-order valence-corrected chi connectivity index (χ3v) is 5.07. The highest BCUT2D eigenvalue weighted by atomic mass is 35.5. The van der Waals surface area contributed by atoms with Crippen molar-refractivity contribution < 1.29 is 0 Å². The van der Waals surface area contributed by atoms with Gasteiger partial charge in [0.1, 0.15) is 5.15 Å². The second-order valence-corrected chi connectivity index (χ2v) is 6.50. The number of nitrogens with one attached hydrogen (secondary N) is 1. The number of halogens is 1. The van der Waals surface area contributed by atoms with E-state index in [1.165, 1.54) is 32.5 Å². The second kappa shape index (κ2) is 4.10. The molecule has 1 aromatic heterocycles. The van der Waals surface area contributed by atoms with Gasteiger partial charge in [0.25, 0.3) is 0 Å². The first-order valence-corrected chi connectivity index (χ1v) is 7.26. The Kier molecular flexibility index (Phi) is 2.52. The predicted octanol–water partition coefficient (Wildman–Crippen LogP) is 2.49. The average molecular weight is 264 g/mol. The largest absolute Gasteiger partial charge is 0.380 e. The molecule has 1 saturated carbocycles. The number of pyridine rings is 1. The van der Waals surface area contributed by atoms with E-state index < -0.39 is 0 Å². The van der Waals surface area contributed by atoms with Crippen molar-refractivity contribution in [3.63, 3.8) is 0 Å². The molecule has 4 aliphatic rings. The molecule has 3 nitrogen and oxygen atoms in total. The molecule has 1 aromatic rings. The minimum atomic E-state index is 0.566. The van der Waals surface area contributed by atoms with Crippen molar-refractivity contribution in [3.05, 3.63) is 23.5 Å². The van der Waals surface area contributed by atoms with Crippen molar-refractivity contribution in [1.82, 2.24) is 9.88 Å².